The van der Waals surface area contributed by atoms with Crippen molar-refractivity contribution in [3.8, 4) is 0 Å². The van der Waals surface area contributed by atoms with Gasteiger partial charge in [-0.25, -0.2) is 9.78 Å². The molecule has 138 valence electrons. The number of anilines is 2. The molecule has 0 aliphatic rings. The molecule has 3 rings (SSSR count). The number of methoxy groups -OCH3 is 1. The monoisotopic (exact) mass is 385 g/mol. The van der Waals surface area contributed by atoms with Gasteiger partial charge in [0.2, 0.25) is 5.91 Å². The van der Waals surface area contributed by atoms with Crippen LogP contribution in [0.15, 0.2) is 52.5 Å². The molecule has 2 aromatic heterocycles. The molecule has 0 saturated carbocycles. The van der Waals surface area contributed by atoms with Crippen LogP contribution in [0, 0.1) is 0 Å². The lowest BCUT2D eigenvalue weighted by atomic mass is 10.2. The fourth-order valence-electron chi connectivity index (χ4n) is 2.19. The minimum atomic E-state index is -0.445. The number of nitrogens with one attached hydrogen (secondary N) is 2. The number of nitrogens with zero attached hydrogens (tertiary/aromatic N) is 1. The maximum Gasteiger partial charge on any atom is 0.337 e. The highest BCUT2D eigenvalue weighted by atomic mass is 32.1. The van der Waals surface area contributed by atoms with Crippen molar-refractivity contribution in [1.82, 2.24) is 4.98 Å². The summed E-state index contributed by atoms with van der Waals surface area (Å²) in [6, 6.07) is 9.51. The Morgan fingerprint density at radius 1 is 1.15 bits per heavy atom. The Kier molecular flexibility index (Phi) is 5.62. The molecule has 0 aliphatic heterocycles. The van der Waals surface area contributed by atoms with Gasteiger partial charge in [-0.1, -0.05) is 0 Å². The summed E-state index contributed by atoms with van der Waals surface area (Å²) in [5.74, 6) is -0.939. The van der Waals surface area contributed by atoms with Gasteiger partial charge in [0.15, 0.2) is 10.9 Å². The van der Waals surface area contributed by atoms with Gasteiger partial charge >= 0.3 is 5.97 Å². The summed E-state index contributed by atoms with van der Waals surface area (Å²) in [5.41, 5.74) is 1.47. The van der Waals surface area contributed by atoms with E-state index in [-0.39, 0.29) is 18.1 Å². The van der Waals surface area contributed by atoms with Crippen molar-refractivity contribution >= 4 is 39.9 Å². The third kappa shape index (κ3) is 4.79. The molecule has 0 saturated heterocycles. The first-order valence-electron chi connectivity index (χ1n) is 7.82. The number of amides is 2. The van der Waals surface area contributed by atoms with Crippen LogP contribution >= 0.6 is 11.3 Å². The number of hydrogen-bond acceptors (Lipinski definition) is 7. The standard InChI is InChI=1S/C18H15N3O5S/c1-25-17(24)11-4-6-12(7-5-11)19-15(22)9-13-10-27-18(20-13)21-16(23)14-3-2-8-26-14/h2-8,10H,9H2,1H3,(H,19,22)(H,20,21,23). The van der Waals surface area contributed by atoms with E-state index >= 15 is 0 Å². The summed E-state index contributed by atoms with van der Waals surface area (Å²) in [6.45, 7) is 0. The Labute approximate surface area is 158 Å². The van der Waals surface area contributed by atoms with E-state index in [0.29, 0.717) is 22.1 Å². The Hall–Kier alpha value is -3.46. The molecule has 0 spiro atoms. The van der Waals surface area contributed by atoms with E-state index in [1.165, 1.54) is 24.7 Å². The number of furan rings is 1. The average Bonchev–Trinajstić information content (AvgIpc) is 3.34. The molecule has 1 aromatic carbocycles. The summed E-state index contributed by atoms with van der Waals surface area (Å²) >= 11 is 1.21. The van der Waals surface area contributed by atoms with Crippen molar-refractivity contribution < 1.29 is 23.5 Å². The lowest BCUT2D eigenvalue weighted by molar-refractivity contribution is -0.115. The van der Waals surface area contributed by atoms with Crippen molar-refractivity contribution in [3.63, 3.8) is 0 Å². The molecular weight excluding hydrogens is 370 g/mol. The number of esters is 1. The molecule has 9 heteroatoms. The molecular formula is C18H15N3O5S. The SMILES string of the molecule is COC(=O)c1ccc(NC(=O)Cc2csc(NC(=O)c3ccco3)n2)cc1. The second-order valence-corrected chi connectivity index (χ2v) is 6.23. The van der Waals surface area contributed by atoms with E-state index in [0.717, 1.165) is 0 Å². The number of aromatic nitrogens is 1. The summed E-state index contributed by atoms with van der Waals surface area (Å²) in [7, 11) is 1.30. The van der Waals surface area contributed by atoms with Crippen LogP contribution in [-0.4, -0.2) is 29.9 Å². The Morgan fingerprint density at radius 3 is 2.59 bits per heavy atom. The molecule has 3 aromatic rings. The molecule has 0 unspecified atom stereocenters. The zero-order valence-electron chi connectivity index (χ0n) is 14.2. The van der Waals surface area contributed by atoms with E-state index in [9.17, 15) is 14.4 Å². The second kappa shape index (κ2) is 8.28. The molecule has 2 amide bonds. The van der Waals surface area contributed by atoms with Gasteiger partial charge in [0, 0.05) is 11.1 Å². The van der Waals surface area contributed by atoms with Crippen LogP contribution in [0.2, 0.25) is 0 Å². The van der Waals surface area contributed by atoms with Crippen molar-refractivity contribution in [1.29, 1.82) is 0 Å². The van der Waals surface area contributed by atoms with Gasteiger partial charge < -0.3 is 14.5 Å². The van der Waals surface area contributed by atoms with Gasteiger partial charge in [-0.2, -0.15) is 0 Å². The minimum Gasteiger partial charge on any atom is -0.465 e. The summed E-state index contributed by atoms with van der Waals surface area (Å²) in [5, 5.41) is 7.40. The number of carbonyl (C=O) groups excluding carboxylic acids is 3. The largest absolute Gasteiger partial charge is 0.465 e. The van der Waals surface area contributed by atoms with Crippen LogP contribution in [0.1, 0.15) is 26.6 Å². The third-order valence-electron chi connectivity index (χ3n) is 3.45. The fraction of sp³-hybridized carbons (Fsp3) is 0.111. The molecule has 8 nitrogen and oxygen atoms in total. The maximum absolute atomic E-state index is 12.1. The van der Waals surface area contributed by atoms with E-state index < -0.39 is 11.9 Å². The first kappa shape index (κ1) is 18.3. The lowest BCUT2D eigenvalue weighted by Crippen LogP contribution is -2.15. The topological polar surface area (TPSA) is 111 Å². The maximum atomic E-state index is 12.1. The number of rotatable bonds is 6. The quantitative estimate of drug-likeness (QED) is 0.631. The van der Waals surface area contributed by atoms with Gasteiger partial charge in [0.05, 0.1) is 31.1 Å². The molecule has 27 heavy (non-hydrogen) atoms. The zero-order valence-corrected chi connectivity index (χ0v) is 15.0. The smallest absolute Gasteiger partial charge is 0.337 e. The van der Waals surface area contributed by atoms with E-state index in [1.54, 1.807) is 41.8 Å². The van der Waals surface area contributed by atoms with Gasteiger partial charge in [-0.05, 0) is 36.4 Å². The Bertz CT molecular complexity index is 948. The van der Waals surface area contributed by atoms with Gasteiger partial charge in [-0.15, -0.1) is 11.3 Å². The third-order valence-corrected chi connectivity index (χ3v) is 4.26. The number of benzene rings is 1. The highest BCUT2D eigenvalue weighted by Crippen LogP contribution is 2.18. The van der Waals surface area contributed by atoms with Crippen LogP contribution < -0.4 is 10.6 Å². The minimum absolute atomic E-state index is 0.0475. The number of ether oxygens (including phenoxy) is 1. The van der Waals surface area contributed by atoms with E-state index in [2.05, 4.69) is 20.4 Å². The zero-order chi connectivity index (χ0) is 19.2. The number of thiazole rings is 1. The van der Waals surface area contributed by atoms with Crippen molar-refractivity contribution in [2.75, 3.05) is 17.7 Å². The van der Waals surface area contributed by atoms with Gasteiger partial charge in [0.25, 0.3) is 5.91 Å². The van der Waals surface area contributed by atoms with Crippen molar-refractivity contribution in [3.05, 3.63) is 65.1 Å². The fourth-order valence-corrected chi connectivity index (χ4v) is 2.89. The molecule has 0 aliphatic carbocycles. The molecule has 0 bridgehead atoms. The van der Waals surface area contributed by atoms with Crippen LogP contribution in [0.5, 0.6) is 0 Å². The molecule has 2 N–H and O–H groups in total. The van der Waals surface area contributed by atoms with Crippen LogP contribution in [0.4, 0.5) is 10.8 Å². The Morgan fingerprint density at radius 2 is 1.93 bits per heavy atom. The molecule has 0 radical (unpaired) electrons. The highest BCUT2D eigenvalue weighted by Gasteiger charge is 2.13. The average molecular weight is 385 g/mol. The Balaban J connectivity index is 1.54. The van der Waals surface area contributed by atoms with E-state index in [1.807, 2.05) is 0 Å². The normalized spacial score (nSPS) is 10.3. The van der Waals surface area contributed by atoms with Crippen molar-refractivity contribution in [2.24, 2.45) is 0 Å². The predicted octanol–water partition coefficient (Wildman–Crippen LogP) is 2.96. The second-order valence-electron chi connectivity index (χ2n) is 5.37. The molecule has 0 fully saturated rings. The number of carbonyl (C=O) groups is 3. The summed E-state index contributed by atoms with van der Waals surface area (Å²) < 4.78 is 9.63. The van der Waals surface area contributed by atoms with Crippen molar-refractivity contribution in [2.45, 2.75) is 6.42 Å². The highest BCUT2D eigenvalue weighted by molar-refractivity contribution is 7.14. The van der Waals surface area contributed by atoms with Crippen LogP contribution in [0.3, 0.4) is 0 Å². The number of hydrogen-bond donors (Lipinski definition) is 2. The molecule has 0 atom stereocenters. The van der Waals surface area contributed by atoms with Gasteiger partial charge in [0.1, 0.15) is 0 Å². The molecule has 2 heterocycles. The van der Waals surface area contributed by atoms with Gasteiger partial charge in [-0.3, -0.25) is 14.9 Å². The summed E-state index contributed by atoms with van der Waals surface area (Å²) in [6.07, 6.45) is 1.45. The van der Waals surface area contributed by atoms with Crippen LogP contribution in [-0.2, 0) is 16.0 Å². The summed E-state index contributed by atoms with van der Waals surface area (Å²) in [4.78, 5) is 39.6. The lowest BCUT2D eigenvalue weighted by Gasteiger charge is -2.05. The predicted molar refractivity (Wildman–Crippen MR) is 98.9 cm³/mol. The first-order valence-corrected chi connectivity index (χ1v) is 8.70. The van der Waals surface area contributed by atoms with Crippen LogP contribution in [0.25, 0.3) is 0 Å². The van der Waals surface area contributed by atoms with E-state index in [4.69, 9.17) is 4.42 Å². The first-order chi connectivity index (χ1) is 13.0.